The predicted octanol–water partition coefficient (Wildman–Crippen LogP) is 4.45. The van der Waals surface area contributed by atoms with Gasteiger partial charge < -0.3 is 0 Å². The van der Waals surface area contributed by atoms with Gasteiger partial charge in [-0.15, -0.1) is 0 Å². The van der Waals surface area contributed by atoms with Crippen molar-refractivity contribution in [1.82, 2.24) is 9.91 Å². The first-order valence-electron chi connectivity index (χ1n) is 9.48. The van der Waals surface area contributed by atoms with Gasteiger partial charge >= 0.3 is 0 Å². The third kappa shape index (κ3) is 3.87. The molecule has 1 atom stereocenters. The standard InChI is InChI=1S/C24H23N3O/c1-19(21-13-7-3-8-14-21)25-27-23(28)18-26(17-20-11-5-2-6-12-20)24(27)22-15-9-4-10-16-22/h2-16,24H,17-18H2,1H3/b25-19-/t24-/m1/s1. The van der Waals surface area contributed by atoms with Crippen LogP contribution in [-0.4, -0.2) is 28.1 Å². The highest BCUT2D eigenvalue weighted by atomic mass is 16.2. The van der Waals surface area contributed by atoms with Crippen LogP contribution in [0.4, 0.5) is 0 Å². The highest BCUT2D eigenvalue weighted by Crippen LogP contribution is 2.32. The van der Waals surface area contributed by atoms with E-state index in [-0.39, 0.29) is 12.1 Å². The van der Waals surface area contributed by atoms with Gasteiger partial charge in [-0.3, -0.25) is 9.69 Å². The Morgan fingerprint density at radius 3 is 2.11 bits per heavy atom. The number of nitrogens with zero attached hydrogens (tertiary/aromatic N) is 3. The Hall–Kier alpha value is -3.24. The van der Waals surface area contributed by atoms with Crippen LogP contribution in [0.1, 0.15) is 29.8 Å². The third-order valence-corrected chi connectivity index (χ3v) is 4.95. The molecule has 1 saturated heterocycles. The Labute approximate surface area is 165 Å². The second-order valence-corrected chi connectivity index (χ2v) is 6.96. The lowest BCUT2D eigenvalue weighted by molar-refractivity contribution is -0.128. The summed E-state index contributed by atoms with van der Waals surface area (Å²) in [5.41, 5.74) is 4.09. The first-order chi connectivity index (χ1) is 13.7. The number of benzene rings is 3. The van der Waals surface area contributed by atoms with Crippen molar-refractivity contribution in [1.29, 1.82) is 0 Å². The maximum absolute atomic E-state index is 12.9. The Balaban J connectivity index is 1.69. The fraction of sp³-hybridized carbons (Fsp3) is 0.167. The van der Waals surface area contributed by atoms with Crippen LogP contribution in [0.5, 0.6) is 0 Å². The van der Waals surface area contributed by atoms with E-state index in [2.05, 4.69) is 29.2 Å². The molecular formula is C24H23N3O. The lowest BCUT2D eigenvalue weighted by Crippen LogP contribution is -2.29. The predicted molar refractivity (Wildman–Crippen MR) is 112 cm³/mol. The first kappa shape index (κ1) is 18.1. The second-order valence-electron chi connectivity index (χ2n) is 6.96. The molecule has 1 heterocycles. The highest BCUT2D eigenvalue weighted by molar-refractivity contribution is 5.99. The van der Waals surface area contributed by atoms with E-state index in [0.29, 0.717) is 13.1 Å². The van der Waals surface area contributed by atoms with Crippen LogP contribution in [0, 0.1) is 0 Å². The molecule has 0 N–H and O–H groups in total. The zero-order valence-electron chi connectivity index (χ0n) is 15.9. The molecule has 0 unspecified atom stereocenters. The molecular weight excluding hydrogens is 346 g/mol. The summed E-state index contributed by atoms with van der Waals surface area (Å²) in [6.07, 6.45) is -0.215. The minimum absolute atomic E-state index is 0.0139. The molecule has 4 nitrogen and oxygen atoms in total. The molecule has 0 spiro atoms. The van der Waals surface area contributed by atoms with Gasteiger partial charge in [0.2, 0.25) is 0 Å². The average Bonchev–Trinajstić information content (AvgIpc) is 3.04. The fourth-order valence-electron chi connectivity index (χ4n) is 3.57. The minimum Gasteiger partial charge on any atom is -0.271 e. The quantitative estimate of drug-likeness (QED) is 0.623. The molecule has 1 fully saturated rings. The molecule has 3 aromatic rings. The summed E-state index contributed by atoms with van der Waals surface area (Å²) in [5, 5.41) is 6.38. The van der Waals surface area contributed by atoms with Crippen molar-refractivity contribution < 1.29 is 4.79 Å². The van der Waals surface area contributed by atoms with E-state index >= 15 is 0 Å². The van der Waals surface area contributed by atoms with Crippen molar-refractivity contribution in [2.45, 2.75) is 19.6 Å². The van der Waals surface area contributed by atoms with Crippen molar-refractivity contribution in [3.05, 3.63) is 108 Å². The number of carbonyl (C=O) groups is 1. The van der Waals surface area contributed by atoms with Gasteiger partial charge in [0.15, 0.2) is 0 Å². The zero-order chi connectivity index (χ0) is 19.3. The summed E-state index contributed by atoms with van der Waals surface area (Å²) in [6, 6.07) is 30.3. The van der Waals surface area contributed by atoms with Gasteiger partial charge in [0.05, 0.1) is 12.3 Å². The van der Waals surface area contributed by atoms with E-state index in [9.17, 15) is 4.79 Å². The van der Waals surface area contributed by atoms with Crippen LogP contribution < -0.4 is 0 Å². The van der Waals surface area contributed by atoms with Crippen molar-refractivity contribution in [3.8, 4) is 0 Å². The number of amides is 1. The number of hydrogen-bond donors (Lipinski definition) is 0. The normalized spacial score (nSPS) is 17.9. The maximum atomic E-state index is 12.9. The molecule has 1 aliphatic rings. The second kappa shape index (κ2) is 8.19. The van der Waals surface area contributed by atoms with Gasteiger partial charge in [0.25, 0.3) is 5.91 Å². The molecule has 0 aliphatic carbocycles. The Kier molecular flexibility index (Phi) is 5.31. The van der Waals surface area contributed by atoms with Crippen LogP contribution in [0.3, 0.4) is 0 Å². The lowest BCUT2D eigenvalue weighted by atomic mass is 10.1. The van der Waals surface area contributed by atoms with Crippen molar-refractivity contribution >= 4 is 11.6 Å². The monoisotopic (exact) mass is 369 g/mol. The number of carbonyl (C=O) groups excluding carboxylic acids is 1. The number of hydrazone groups is 1. The highest BCUT2D eigenvalue weighted by Gasteiger charge is 2.39. The molecule has 4 heteroatoms. The van der Waals surface area contributed by atoms with Gasteiger partial charge in [0.1, 0.15) is 6.17 Å². The smallest absolute Gasteiger partial charge is 0.258 e. The van der Waals surface area contributed by atoms with E-state index < -0.39 is 0 Å². The minimum atomic E-state index is -0.215. The number of rotatable bonds is 5. The van der Waals surface area contributed by atoms with Crippen LogP contribution in [0.15, 0.2) is 96.1 Å². The van der Waals surface area contributed by atoms with Crippen molar-refractivity contribution in [3.63, 3.8) is 0 Å². The van der Waals surface area contributed by atoms with E-state index in [1.54, 1.807) is 5.01 Å². The lowest BCUT2D eigenvalue weighted by Gasteiger charge is -2.28. The largest absolute Gasteiger partial charge is 0.271 e. The van der Waals surface area contributed by atoms with E-state index in [1.807, 2.05) is 73.7 Å². The van der Waals surface area contributed by atoms with Crippen LogP contribution in [-0.2, 0) is 11.3 Å². The van der Waals surface area contributed by atoms with E-state index in [0.717, 1.165) is 16.8 Å². The topological polar surface area (TPSA) is 35.9 Å². The fourth-order valence-corrected chi connectivity index (χ4v) is 3.57. The average molecular weight is 369 g/mol. The van der Waals surface area contributed by atoms with Crippen molar-refractivity contribution in [2.75, 3.05) is 6.54 Å². The van der Waals surface area contributed by atoms with Gasteiger partial charge in [-0.25, -0.2) is 5.01 Å². The molecule has 4 rings (SSSR count). The van der Waals surface area contributed by atoms with Gasteiger partial charge in [0, 0.05) is 6.54 Å². The summed E-state index contributed by atoms with van der Waals surface area (Å²) in [6.45, 7) is 2.99. The van der Waals surface area contributed by atoms with E-state index in [1.165, 1.54) is 5.56 Å². The first-order valence-corrected chi connectivity index (χ1v) is 9.48. The Morgan fingerprint density at radius 2 is 1.46 bits per heavy atom. The molecule has 0 saturated carbocycles. The zero-order valence-corrected chi connectivity index (χ0v) is 15.9. The van der Waals surface area contributed by atoms with Gasteiger partial charge in [-0.1, -0.05) is 91.0 Å². The van der Waals surface area contributed by atoms with Crippen LogP contribution in [0.25, 0.3) is 0 Å². The Bertz CT molecular complexity index is 955. The number of hydrogen-bond acceptors (Lipinski definition) is 3. The summed E-state index contributed by atoms with van der Waals surface area (Å²) in [7, 11) is 0. The van der Waals surface area contributed by atoms with Gasteiger partial charge in [-0.2, -0.15) is 5.10 Å². The SMILES string of the molecule is C/C(=N/N1C(=O)CN(Cc2ccccc2)[C@H]1c1ccccc1)c1ccccc1. The molecule has 140 valence electrons. The van der Waals surface area contributed by atoms with Crippen LogP contribution >= 0.6 is 0 Å². The summed E-state index contributed by atoms with van der Waals surface area (Å²) in [5.74, 6) is 0.0139. The van der Waals surface area contributed by atoms with Crippen LogP contribution in [0.2, 0.25) is 0 Å². The maximum Gasteiger partial charge on any atom is 0.258 e. The molecule has 28 heavy (non-hydrogen) atoms. The molecule has 3 aromatic carbocycles. The molecule has 0 aromatic heterocycles. The third-order valence-electron chi connectivity index (χ3n) is 4.95. The molecule has 0 radical (unpaired) electrons. The molecule has 1 aliphatic heterocycles. The summed E-state index contributed by atoms with van der Waals surface area (Å²) in [4.78, 5) is 15.1. The van der Waals surface area contributed by atoms with Gasteiger partial charge in [-0.05, 0) is 23.6 Å². The summed E-state index contributed by atoms with van der Waals surface area (Å²) < 4.78 is 0. The summed E-state index contributed by atoms with van der Waals surface area (Å²) >= 11 is 0. The molecule has 1 amide bonds. The van der Waals surface area contributed by atoms with Crippen molar-refractivity contribution in [2.24, 2.45) is 5.10 Å². The Morgan fingerprint density at radius 1 is 0.893 bits per heavy atom. The molecule has 0 bridgehead atoms. The van der Waals surface area contributed by atoms with E-state index in [4.69, 9.17) is 5.10 Å².